The molecule has 9 heteroatoms. The van der Waals surface area contributed by atoms with Crippen LogP contribution in [0.15, 0.2) is 47.7 Å². The minimum Gasteiger partial charge on any atom is -0.508 e. The van der Waals surface area contributed by atoms with Gasteiger partial charge in [0.15, 0.2) is 11.5 Å². The summed E-state index contributed by atoms with van der Waals surface area (Å²) in [6, 6.07) is 9.05. The standard InChI is InChI=1S/C19H18N4O5/c1-27-16-6-3-11(7-17(16)28-2)18-12(9-20-22-18)10-21-23-19(26)14-5-4-13(24)8-15(14)25/h3-10,24-25H,1-2H3,(H,20,22)(H,23,26)/b21-10+. The van der Waals surface area contributed by atoms with Crippen molar-refractivity contribution in [1.82, 2.24) is 15.6 Å². The number of carbonyl (C=O) groups is 1. The molecule has 0 fully saturated rings. The quantitative estimate of drug-likeness (QED) is 0.382. The van der Waals surface area contributed by atoms with Crippen LogP contribution >= 0.6 is 0 Å². The van der Waals surface area contributed by atoms with Crippen LogP contribution in [-0.4, -0.2) is 46.8 Å². The molecule has 0 unspecified atom stereocenters. The lowest BCUT2D eigenvalue weighted by Crippen LogP contribution is -2.17. The zero-order valence-electron chi connectivity index (χ0n) is 15.1. The number of rotatable bonds is 6. The van der Waals surface area contributed by atoms with Crippen LogP contribution in [-0.2, 0) is 0 Å². The molecule has 0 saturated heterocycles. The van der Waals surface area contributed by atoms with E-state index in [2.05, 4.69) is 20.7 Å². The summed E-state index contributed by atoms with van der Waals surface area (Å²) in [5.74, 6) is 0.0537. The van der Waals surface area contributed by atoms with Crippen LogP contribution in [0.5, 0.6) is 23.0 Å². The van der Waals surface area contributed by atoms with Gasteiger partial charge in [-0.25, -0.2) is 5.43 Å². The van der Waals surface area contributed by atoms with Crippen LogP contribution in [0.2, 0.25) is 0 Å². The lowest BCUT2D eigenvalue weighted by molar-refractivity contribution is 0.0952. The molecule has 144 valence electrons. The van der Waals surface area contributed by atoms with Gasteiger partial charge in [0.2, 0.25) is 0 Å². The highest BCUT2D eigenvalue weighted by molar-refractivity contribution is 5.98. The van der Waals surface area contributed by atoms with Crippen LogP contribution in [0, 0.1) is 0 Å². The van der Waals surface area contributed by atoms with Gasteiger partial charge in [-0.3, -0.25) is 9.89 Å². The van der Waals surface area contributed by atoms with Gasteiger partial charge in [0.25, 0.3) is 5.91 Å². The molecule has 0 aliphatic rings. The zero-order valence-corrected chi connectivity index (χ0v) is 15.1. The number of aromatic hydroxyl groups is 2. The first-order valence-electron chi connectivity index (χ1n) is 8.14. The highest BCUT2D eigenvalue weighted by atomic mass is 16.5. The number of carbonyl (C=O) groups excluding carboxylic acids is 1. The van der Waals surface area contributed by atoms with Gasteiger partial charge < -0.3 is 19.7 Å². The number of hydrogen-bond acceptors (Lipinski definition) is 7. The number of hydrazone groups is 1. The number of hydrogen-bond donors (Lipinski definition) is 4. The third-order valence-electron chi connectivity index (χ3n) is 3.94. The number of aromatic amines is 1. The lowest BCUT2D eigenvalue weighted by atomic mass is 10.1. The monoisotopic (exact) mass is 382 g/mol. The molecule has 1 aromatic heterocycles. The van der Waals surface area contributed by atoms with Crippen molar-refractivity contribution < 1.29 is 24.5 Å². The van der Waals surface area contributed by atoms with Crippen molar-refractivity contribution in [3.63, 3.8) is 0 Å². The third-order valence-corrected chi connectivity index (χ3v) is 3.94. The summed E-state index contributed by atoms with van der Waals surface area (Å²) < 4.78 is 10.5. The van der Waals surface area contributed by atoms with Crippen molar-refractivity contribution in [3.05, 3.63) is 53.7 Å². The molecule has 4 N–H and O–H groups in total. The van der Waals surface area contributed by atoms with E-state index in [4.69, 9.17) is 9.47 Å². The Bertz CT molecular complexity index is 1030. The molecular weight excluding hydrogens is 364 g/mol. The third kappa shape index (κ3) is 3.88. The van der Waals surface area contributed by atoms with Crippen LogP contribution in [0.3, 0.4) is 0 Å². The fraction of sp³-hybridized carbons (Fsp3) is 0.105. The molecule has 2 aromatic carbocycles. The number of methoxy groups -OCH3 is 2. The number of nitrogens with one attached hydrogen (secondary N) is 2. The van der Waals surface area contributed by atoms with E-state index in [-0.39, 0.29) is 17.1 Å². The number of amides is 1. The molecular formula is C19H18N4O5. The minimum absolute atomic E-state index is 0.0118. The second kappa shape index (κ2) is 8.12. The molecule has 0 saturated carbocycles. The Balaban J connectivity index is 1.78. The fourth-order valence-electron chi connectivity index (χ4n) is 2.55. The van der Waals surface area contributed by atoms with E-state index < -0.39 is 5.91 Å². The highest BCUT2D eigenvalue weighted by Gasteiger charge is 2.12. The van der Waals surface area contributed by atoms with Crippen LogP contribution in [0.25, 0.3) is 11.3 Å². The van der Waals surface area contributed by atoms with Gasteiger partial charge in [-0.15, -0.1) is 0 Å². The van der Waals surface area contributed by atoms with E-state index >= 15 is 0 Å². The molecule has 3 aromatic rings. The van der Waals surface area contributed by atoms with Crippen LogP contribution in [0.1, 0.15) is 15.9 Å². The number of H-pyrrole nitrogens is 1. The molecule has 1 heterocycles. The Hall–Kier alpha value is -4.01. The Morgan fingerprint density at radius 3 is 2.64 bits per heavy atom. The lowest BCUT2D eigenvalue weighted by Gasteiger charge is -2.09. The maximum absolute atomic E-state index is 12.1. The van der Waals surface area contributed by atoms with E-state index in [1.807, 2.05) is 6.07 Å². The highest BCUT2D eigenvalue weighted by Crippen LogP contribution is 2.32. The van der Waals surface area contributed by atoms with Gasteiger partial charge in [0.1, 0.15) is 11.5 Å². The molecule has 0 spiro atoms. The summed E-state index contributed by atoms with van der Waals surface area (Å²) in [6.07, 6.45) is 2.98. The summed E-state index contributed by atoms with van der Waals surface area (Å²) in [5.41, 5.74) is 4.40. The van der Waals surface area contributed by atoms with Crippen LogP contribution < -0.4 is 14.9 Å². The molecule has 0 atom stereocenters. The second-order valence-corrected chi connectivity index (χ2v) is 5.67. The molecule has 0 aliphatic carbocycles. The normalized spacial score (nSPS) is 10.8. The maximum Gasteiger partial charge on any atom is 0.275 e. The van der Waals surface area contributed by atoms with Crippen molar-refractivity contribution in [2.24, 2.45) is 5.10 Å². The van der Waals surface area contributed by atoms with Crippen molar-refractivity contribution in [2.45, 2.75) is 0 Å². The smallest absolute Gasteiger partial charge is 0.275 e. The minimum atomic E-state index is -0.620. The molecule has 1 amide bonds. The van der Waals surface area contributed by atoms with Crippen molar-refractivity contribution in [3.8, 4) is 34.3 Å². The predicted octanol–water partition coefficient (Wildman–Crippen LogP) is 2.27. The van der Waals surface area contributed by atoms with Gasteiger partial charge in [-0.2, -0.15) is 10.2 Å². The molecule has 0 aliphatic heterocycles. The van der Waals surface area contributed by atoms with E-state index in [0.717, 1.165) is 11.6 Å². The molecule has 28 heavy (non-hydrogen) atoms. The topological polar surface area (TPSA) is 129 Å². The number of phenols is 2. The second-order valence-electron chi connectivity index (χ2n) is 5.67. The Morgan fingerprint density at radius 1 is 1.14 bits per heavy atom. The summed E-state index contributed by atoms with van der Waals surface area (Å²) >= 11 is 0. The van der Waals surface area contributed by atoms with Crippen molar-refractivity contribution >= 4 is 12.1 Å². The Labute approximate surface area is 160 Å². The predicted molar refractivity (Wildman–Crippen MR) is 102 cm³/mol. The molecule has 0 bridgehead atoms. The number of aromatic nitrogens is 2. The SMILES string of the molecule is COc1ccc(-c2[nH]ncc2/C=N/NC(=O)c2ccc(O)cc2O)cc1OC. The summed E-state index contributed by atoms with van der Waals surface area (Å²) in [7, 11) is 3.10. The first kappa shape index (κ1) is 18.8. The molecule has 0 radical (unpaired) electrons. The number of benzene rings is 2. The van der Waals surface area contributed by atoms with E-state index in [1.165, 1.54) is 18.3 Å². The average molecular weight is 382 g/mol. The molecule has 9 nitrogen and oxygen atoms in total. The summed E-state index contributed by atoms with van der Waals surface area (Å²) in [5, 5.41) is 29.8. The number of ether oxygens (including phenoxy) is 2. The van der Waals surface area contributed by atoms with Gasteiger partial charge in [-0.05, 0) is 30.3 Å². The fourth-order valence-corrected chi connectivity index (χ4v) is 2.55. The molecule has 3 rings (SSSR count). The number of nitrogens with zero attached hydrogens (tertiary/aromatic N) is 2. The van der Waals surface area contributed by atoms with E-state index in [1.54, 1.807) is 32.5 Å². The Morgan fingerprint density at radius 2 is 1.93 bits per heavy atom. The van der Waals surface area contributed by atoms with Gasteiger partial charge in [-0.1, -0.05) is 0 Å². The average Bonchev–Trinajstić information content (AvgIpc) is 3.15. The first-order chi connectivity index (χ1) is 13.5. The largest absolute Gasteiger partial charge is 0.508 e. The van der Waals surface area contributed by atoms with Crippen molar-refractivity contribution in [2.75, 3.05) is 14.2 Å². The van der Waals surface area contributed by atoms with Crippen LogP contribution in [0.4, 0.5) is 0 Å². The van der Waals surface area contributed by atoms with E-state index in [9.17, 15) is 15.0 Å². The maximum atomic E-state index is 12.1. The Kier molecular flexibility index (Phi) is 5.45. The van der Waals surface area contributed by atoms with Gasteiger partial charge >= 0.3 is 0 Å². The number of phenolic OH excluding ortho intramolecular Hbond substituents is 2. The van der Waals surface area contributed by atoms with Gasteiger partial charge in [0.05, 0.1) is 37.9 Å². The zero-order chi connectivity index (χ0) is 20.1. The summed E-state index contributed by atoms with van der Waals surface area (Å²) in [6.45, 7) is 0. The van der Waals surface area contributed by atoms with Gasteiger partial charge in [0, 0.05) is 17.2 Å². The first-order valence-corrected chi connectivity index (χ1v) is 8.14. The summed E-state index contributed by atoms with van der Waals surface area (Å²) in [4.78, 5) is 12.1. The van der Waals surface area contributed by atoms with E-state index in [0.29, 0.717) is 22.8 Å². The van der Waals surface area contributed by atoms with Crippen molar-refractivity contribution in [1.29, 1.82) is 0 Å².